The molecule has 0 aliphatic rings. The zero-order valence-electron chi connectivity index (χ0n) is 13.4. The van der Waals surface area contributed by atoms with E-state index in [1.807, 2.05) is 91.9 Å². The van der Waals surface area contributed by atoms with Crippen molar-refractivity contribution in [3.8, 4) is 11.5 Å². The van der Waals surface area contributed by atoms with Gasteiger partial charge in [0.05, 0.1) is 0 Å². The monoisotopic (exact) mass is 338 g/mol. The van der Waals surface area contributed by atoms with Gasteiger partial charge in [0.15, 0.2) is 5.85 Å². The molecule has 0 heterocycles. The summed E-state index contributed by atoms with van der Waals surface area (Å²) in [5, 5.41) is 10.9. The normalized spacial score (nSPS) is 12.0. The molecular weight excluding hydrogens is 319 g/mol. The lowest BCUT2D eigenvalue weighted by atomic mass is 10.1. The van der Waals surface area contributed by atoms with E-state index in [1.54, 1.807) is 0 Å². The molecule has 0 bridgehead atoms. The molecule has 0 spiro atoms. The number of hydrogen-bond acceptors (Lipinski definition) is 3. The summed E-state index contributed by atoms with van der Waals surface area (Å²) in [5.41, 5.74) is 1.82. The van der Waals surface area contributed by atoms with Gasteiger partial charge >= 0.3 is 8.38 Å². The highest BCUT2D eigenvalue weighted by molar-refractivity contribution is 7.48. The molecule has 0 aliphatic carbocycles. The van der Waals surface area contributed by atoms with Gasteiger partial charge in [0.25, 0.3) is 0 Å². The Morgan fingerprint density at radius 1 is 0.708 bits per heavy atom. The lowest BCUT2D eigenvalue weighted by Gasteiger charge is -2.24. The van der Waals surface area contributed by atoms with Crippen molar-refractivity contribution in [3.05, 3.63) is 96.1 Å². The summed E-state index contributed by atoms with van der Waals surface area (Å²) in [4.78, 5) is 0. The number of para-hydroxylation sites is 2. The van der Waals surface area contributed by atoms with Crippen LogP contribution in [0.1, 0.15) is 17.0 Å². The predicted molar refractivity (Wildman–Crippen MR) is 97.2 cm³/mol. The van der Waals surface area contributed by atoms with Crippen LogP contribution in [0.15, 0.2) is 84.9 Å². The number of benzene rings is 3. The van der Waals surface area contributed by atoms with Gasteiger partial charge in [-0.25, -0.2) is 0 Å². The molecule has 0 fully saturated rings. The first-order valence-corrected chi connectivity index (χ1v) is 8.97. The minimum absolute atomic E-state index is 0.673. The van der Waals surface area contributed by atoms with Gasteiger partial charge in [-0.05, 0) is 42.3 Å². The molecule has 4 heteroatoms. The molecule has 0 amide bonds. The highest BCUT2D eigenvalue weighted by Crippen LogP contribution is 2.51. The van der Waals surface area contributed by atoms with E-state index in [4.69, 9.17) is 9.05 Å². The molecule has 24 heavy (non-hydrogen) atoms. The first-order valence-electron chi connectivity index (χ1n) is 7.73. The van der Waals surface area contributed by atoms with Gasteiger partial charge in [-0.2, -0.15) is 0 Å². The van der Waals surface area contributed by atoms with Crippen LogP contribution in [0, 0.1) is 6.92 Å². The fourth-order valence-electron chi connectivity index (χ4n) is 2.28. The second-order valence-corrected chi connectivity index (χ2v) is 6.75. The van der Waals surface area contributed by atoms with Crippen molar-refractivity contribution < 1.29 is 14.2 Å². The second-order valence-electron chi connectivity index (χ2n) is 5.32. The third-order valence-corrected chi connectivity index (χ3v) is 5.00. The summed E-state index contributed by atoms with van der Waals surface area (Å²) in [5.74, 6) is 0.501. The van der Waals surface area contributed by atoms with E-state index in [2.05, 4.69) is 0 Å². The molecule has 3 nitrogen and oxygen atoms in total. The molecular formula is C20H19O3P. The largest absolute Gasteiger partial charge is 0.437 e. The fraction of sp³-hybridized carbons (Fsp3) is 0.100. The van der Waals surface area contributed by atoms with Gasteiger partial charge in [-0.1, -0.05) is 60.7 Å². The van der Waals surface area contributed by atoms with Crippen LogP contribution >= 0.6 is 8.38 Å². The van der Waals surface area contributed by atoms with Gasteiger partial charge < -0.3 is 14.2 Å². The van der Waals surface area contributed by atoms with Crippen molar-refractivity contribution in [2.75, 3.05) is 0 Å². The molecule has 0 aliphatic heterocycles. The number of rotatable bonds is 6. The molecule has 122 valence electrons. The van der Waals surface area contributed by atoms with Gasteiger partial charge in [0.2, 0.25) is 0 Å². The zero-order chi connectivity index (χ0) is 16.8. The summed E-state index contributed by atoms with van der Waals surface area (Å²) in [6.45, 7) is 1.97. The molecule has 0 saturated heterocycles. The molecule has 0 aromatic heterocycles. The van der Waals surface area contributed by atoms with E-state index >= 15 is 0 Å². The lowest BCUT2D eigenvalue weighted by Crippen LogP contribution is -2.07. The Hall–Kier alpha value is -2.35. The topological polar surface area (TPSA) is 38.7 Å². The van der Waals surface area contributed by atoms with Crippen molar-refractivity contribution in [3.63, 3.8) is 0 Å². The summed E-state index contributed by atoms with van der Waals surface area (Å²) in [7, 11) is -1.61. The molecule has 0 radical (unpaired) electrons. The van der Waals surface area contributed by atoms with Crippen molar-refractivity contribution >= 4 is 8.38 Å². The number of aliphatic hydroxyl groups excluding tert-OH is 1. The van der Waals surface area contributed by atoms with E-state index in [0.29, 0.717) is 11.5 Å². The van der Waals surface area contributed by atoms with E-state index in [0.717, 1.165) is 11.1 Å². The maximum absolute atomic E-state index is 10.9. The van der Waals surface area contributed by atoms with Crippen molar-refractivity contribution in [1.29, 1.82) is 0 Å². The first kappa shape index (κ1) is 16.5. The van der Waals surface area contributed by atoms with Crippen LogP contribution in [0.3, 0.4) is 0 Å². The Balaban J connectivity index is 1.87. The Kier molecular flexibility index (Phi) is 5.47. The standard InChI is InChI=1S/C20H19O3P/c1-16-10-8-9-15-19(16)20(21)24(22-17-11-4-2-5-12-17)23-18-13-6-3-7-14-18/h2-15,20-21H,1H3. The van der Waals surface area contributed by atoms with Crippen LogP contribution in [0.5, 0.6) is 11.5 Å². The van der Waals surface area contributed by atoms with Crippen molar-refractivity contribution in [2.24, 2.45) is 0 Å². The molecule has 1 N–H and O–H groups in total. The predicted octanol–water partition coefficient (Wildman–Crippen LogP) is 5.46. The van der Waals surface area contributed by atoms with Crippen LogP contribution in [-0.2, 0) is 0 Å². The van der Waals surface area contributed by atoms with Crippen LogP contribution in [0.4, 0.5) is 0 Å². The van der Waals surface area contributed by atoms with Crippen molar-refractivity contribution in [1.82, 2.24) is 0 Å². The molecule has 3 aromatic carbocycles. The smallest absolute Gasteiger partial charge is 0.326 e. The van der Waals surface area contributed by atoms with Crippen LogP contribution in [0.2, 0.25) is 0 Å². The third-order valence-electron chi connectivity index (χ3n) is 3.54. The van der Waals surface area contributed by atoms with Crippen LogP contribution in [0.25, 0.3) is 0 Å². The molecule has 1 unspecified atom stereocenters. The third kappa shape index (κ3) is 4.14. The number of aliphatic hydroxyl groups is 1. The molecule has 3 rings (SSSR count). The maximum Gasteiger partial charge on any atom is 0.326 e. The summed E-state index contributed by atoms with van der Waals surface area (Å²) in [6.07, 6.45) is 0. The first-order chi connectivity index (χ1) is 11.7. The summed E-state index contributed by atoms with van der Waals surface area (Å²) >= 11 is 0. The summed E-state index contributed by atoms with van der Waals surface area (Å²) in [6, 6.07) is 26.6. The van der Waals surface area contributed by atoms with E-state index in [-0.39, 0.29) is 0 Å². The Morgan fingerprint density at radius 2 is 1.17 bits per heavy atom. The average Bonchev–Trinajstić information content (AvgIpc) is 2.63. The fourth-order valence-corrected chi connectivity index (χ4v) is 3.69. The van der Waals surface area contributed by atoms with Gasteiger partial charge in [0.1, 0.15) is 11.5 Å². The highest BCUT2D eigenvalue weighted by atomic mass is 31.2. The number of hydrogen-bond donors (Lipinski definition) is 1. The van der Waals surface area contributed by atoms with Crippen molar-refractivity contribution in [2.45, 2.75) is 12.8 Å². The van der Waals surface area contributed by atoms with Crippen LogP contribution < -0.4 is 9.05 Å². The van der Waals surface area contributed by atoms with Crippen LogP contribution in [-0.4, -0.2) is 5.11 Å². The Labute approximate surface area is 143 Å². The number of aryl methyl sites for hydroxylation is 1. The molecule has 3 aromatic rings. The van der Waals surface area contributed by atoms with Gasteiger partial charge in [0, 0.05) is 0 Å². The quantitative estimate of drug-likeness (QED) is 0.607. The maximum atomic E-state index is 10.9. The lowest BCUT2D eigenvalue weighted by molar-refractivity contribution is 0.236. The summed E-state index contributed by atoms with van der Waals surface area (Å²) < 4.78 is 12.0. The van der Waals surface area contributed by atoms with E-state index in [9.17, 15) is 5.11 Å². The average molecular weight is 338 g/mol. The molecule has 1 atom stereocenters. The second kappa shape index (κ2) is 7.96. The van der Waals surface area contributed by atoms with Gasteiger partial charge in [-0.15, -0.1) is 0 Å². The van der Waals surface area contributed by atoms with E-state index in [1.165, 1.54) is 0 Å². The zero-order valence-corrected chi connectivity index (χ0v) is 14.3. The Bertz CT molecular complexity index is 721. The molecule has 0 saturated carbocycles. The SMILES string of the molecule is Cc1ccccc1C(O)P(Oc1ccccc1)Oc1ccccc1. The van der Waals surface area contributed by atoms with Gasteiger partial charge in [-0.3, -0.25) is 0 Å². The Morgan fingerprint density at radius 3 is 1.67 bits per heavy atom. The highest BCUT2D eigenvalue weighted by Gasteiger charge is 2.28. The van der Waals surface area contributed by atoms with E-state index < -0.39 is 14.2 Å². The minimum Gasteiger partial charge on any atom is -0.437 e. The minimum atomic E-state index is -1.61.